The van der Waals surface area contributed by atoms with E-state index in [1.807, 2.05) is 44.2 Å². The van der Waals surface area contributed by atoms with Crippen LogP contribution in [-0.2, 0) is 38.6 Å². The van der Waals surface area contributed by atoms with Gasteiger partial charge in [0.05, 0.1) is 17.2 Å². The average Bonchev–Trinajstić information content (AvgIpc) is 3.27. The Morgan fingerprint density at radius 3 is 2.71 bits per heavy atom. The van der Waals surface area contributed by atoms with E-state index in [2.05, 4.69) is 15.6 Å². The van der Waals surface area contributed by atoms with E-state index < -0.39 is 29.7 Å². The molecule has 0 radical (unpaired) electrons. The molecule has 0 aliphatic carbocycles. The van der Waals surface area contributed by atoms with Gasteiger partial charge in [0.2, 0.25) is 5.78 Å². The van der Waals surface area contributed by atoms with E-state index >= 15 is 0 Å². The summed E-state index contributed by atoms with van der Waals surface area (Å²) in [5.41, 5.74) is 3.62. The van der Waals surface area contributed by atoms with Gasteiger partial charge in [-0.1, -0.05) is 44.2 Å². The zero-order valence-electron chi connectivity index (χ0n) is 20.2. The van der Waals surface area contributed by atoms with Crippen molar-refractivity contribution in [2.75, 3.05) is 6.54 Å². The maximum atomic E-state index is 13.2. The van der Waals surface area contributed by atoms with Crippen LogP contribution in [0, 0.1) is 11.8 Å². The molecule has 8 nitrogen and oxygen atoms in total. The number of aromatic nitrogens is 1. The Labute approximate surface area is 209 Å². The molecule has 0 saturated carbocycles. The van der Waals surface area contributed by atoms with Crippen molar-refractivity contribution >= 4 is 34.9 Å². The van der Waals surface area contributed by atoms with Gasteiger partial charge in [-0.05, 0) is 37.2 Å². The van der Waals surface area contributed by atoms with Gasteiger partial charge < -0.3 is 15.4 Å². The maximum Gasteiger partial charge on any atom is 0.408 e. The third-order valence-corrected chi connectivity index (χ3v) is 6.91. The summed E-state index contributed by atoms with van der Waals surface area (Å²) in [4.78, 5) is 56.5. The molecule has 2 heterocycles. The number of hydrogen-bond donors (Lipinski definition) is 2. The summed E-state index contributed by atoms with van der Waals surface area (Å²) in [6.07, 6.45) is 2.01. The molecule has 2 unspecified atom stereocenters. The highest BCUT2D eigenvalue weighted by Gasteiger charge is 2.31. The number of alkyl carbamates (subject to hydrolysis) is 1. The van der Waals surface area contributed by atoms with Crippen LogP contribution in [0.2, 0.25) is 0 Å². The molecule has 0 bridgehead atoms. The van der Waals surface area contributed by atoms with Crippen LogP contribution in [0.4, 0.5) is 4.79 Å². The molecule has 35 heavy (non-hydrogen) atoms. The molecule has 1 aliphatic rings. The zero-order chi connectivity index (χ0) is 25.2. The predicted octanol–water partition coefficient (Wildman–Crippen LogP) is 3.62. The fourth-order valence-electron chi connectivity index (χ4n) is 4.14. The normalized spacial score (nSPS) is 17.6. The second kappa shape index (κ2) is 13.1. The fourth-order valence-corrected chi connectivity index (χ4v) is 4.96. The van der Waals surface area contributed by atoms with Crippen molar-refractivity contribution in [3.8, 4) is 0 Å². The van der Waals surface area contributed by atoms with Crippen LogP contribution < -0.4 is 10.6 Å². The first-order valence-electron chi connectivity index (χ1n) is 12.1. The summed E-state index contributed by atoms with van der Waals surface area (Å²) in [5.74, 6) is -2.11. The smallest absolute Gasteiger partial charge is 0.408 e. The number of ether oxygens (including phenoxy) is 1. The van der Waals surface area contributed by atoms with E-state index in [4.69, 9.17) is 4.74 Å². The molecule has 0 saturated heterocycles. The highest BCUT2D eigenvalue weighted by Crippen LogP contribution is 2.22. The average molecular weight is 500 g/mol. The Hall–Kier alpha value is -3.07. The van der Waals surface area contributed by atoms with E-state index in [0.717, 1.165) is 16.1 Å². The largest absolute Gasteiger partial charge is 0.445 e. The summed E-state index contributed by atoms with van der Waals surface area (Å²) in [7, 11) is 0. The lowest BCUT2D eigenvalue weighted by Crippen LogP contribution is -2.44. The molecule has 1 aliphatic heterocycles. The molecule has 2 N–H and O–H groups in total. The summed E-state index contributed by atoms with van der Waals surface area (Å²) >= 11 is 1.55. The minimum atomic E-state index is -0.794. The van der Waals surface area contributed by atoms with E-state index in [-0.39, 0.29) is 24.7 Å². The number of thiazole rings is 1. The summed E-state index contributed by atoms with van der Waals surface area (Å²) in [6.45, 7) is 4.35. The number of rotatable bonds is 8. The Morgan fingerprint density at radius 2 is 1.97 bits per heavy atom. The number of Topliss-reactive ketones (excluding diaryl/α,β-unsaturated/α-hetero) is 2. The molecule has 188 valence electrons. The fraction of sp³-hybridized carbons (Fsp3) is 0.500. The van der Waals surface area contributed by atoms with Crippen molar-refractivity contribution in [1.82, 2.24) is 15.6 Å². The van der Waals surface area contributed by atoms with Crippen LogP contribution >= 0.6 is 11.3 Å². The molecular weight excluding hydrogens is 466 g/mol. The molecule has 3 rings (SSSR count). The lowest BCUT2D eigenvalue weighted by Gasteiger charge is -2.22. The lowest BCUT2D eigenvalue weighted by atomic mass is 9.87. The number of amides is 2. The van der Waals surface area contributed by atoms with Crippen LogP contribution in [0.15, 0.2) is 35.8 Å². The van der Waals surface area contributed by atoms with E-state index in [1.165, 1.54) is 0 Å². The van der Waals surface area contributed by atoms with Crippen molar-refractivity contribution in [3.05, 3.63) is 52.0 Å². The topological polar surface area (TPSA) is 114 Å². The molecule has 9 heteroatoms. The van der Waals surface area contributed by atoms with Crippen LogP contribution in [-0.4, -0.2) is 41.1 Å². The quantitative estimate of drug-likeness (QED) is 0.536. The van der Waals surface area contributed by atoms with Crippen LogP contribution in [0.25, 0.3) is 0 Å². The number of nitrogens with one attached hydrogen (secondary N) is 2. The number of nitrogens with zero attached hydrogens (tertiary/aromatic N) is 1. The number of ketones is 2. The molecule has 0 spiro atoms. The van der Waals surface area contributed by atoms with Gasteiger partial charge in [-0.25, -0.2) is 9.78 Å². The first-order valence-corrected chi connectivity index (χ1v) is 12.9. The molecule has 0 fully saturated rings. The Bertz CT molecular complexity index is 1020. The Kier molecular flexibility index (Phi) is 9.96. The van der Waals surface area contributed by atoms with Gasteiger partial charge in [0, 0.05) is 30.2 Å². The second-order valence-corrected chi connectivity index (χ2v) is 10.2. The lowest BCUT2D eigenvalue weighted by molar-refractivity contribution is -0.141. The summed E-state index contributed by atoms with van der Waals surface area (Å²) in [6, 6.07) is 8.47. The summed E-state index contributed by atoms with van der Waals surface area (Å²) < 4.78 is 5.29. The van der Waals surface area contributed by atoms with Crippen molar-refractivity contribution in [3.63, 3.8) is 0 Å². The van der Waals surface area contributed by atoms with Crippen molar-refractivity contribution < 1.29 is 23.9 Å². The molecule has 1 aromatic heterocycles. The highest BCUT2D eigenvalue weighted by atomic mass is 32.1. The van der Waals surface area contributed by atoms with Gasteiger partial charge in [0.1, 0.15) is 6.61 Å². The van der Waals surface area contributed by atoms with E-state index in [9.17, 15) is 19.2 Å². The van der Waals surface area contributed by atoms with Crippen LogP contribution in [0.3, 0.4) is 0 Å². The number of benzene rings is 1. The number of fused-ring (bicyclic) bond motifs is 1. The molecule has 2 aromatic rings. The Morgan fingerprint density at radius 1 is 1.20 bits per heavy atom. The number of hydrogen-bond acceptors (Lipinski definition) is 7. The number of carbonyl (C=O) groups is 4. The standard InChI is InChI=1S/C26H33N3O5S/c1-17(2)13-21(29-26(33)34-15-18-7-4-3-5-8-18)22(30)14-19-9-6-10-20-23(35-16-28-20)11-12-27-25(32)24(19)31/h3-5,7-8,16-17,19,21H,6,9-15H2,1-2H3,(H,27,32)(H,29,33). The monoisotopic (exact) mass is 499 g/mol. The van der Waals surface area contributed by atoms with Crippen LogP contribution in [0.1, 0.15) is 55.7 Å². The minimum absolute atomic E-state index is 0.0924. The van der Waals surface area contributed by atoms with Gasteiger partial charge in [0.15, 0.2) is 5.78 Å². The van der Waals surface area contributed by atoms with Gasteiger partial charge >= 0.3 is 6.09 Å². The van der Waals surface area contributed by atoms with Gasteiger partial charge in [-0.2, -0.15) is 0 Å². The third-order valence-electron chi connectivity index (χ3n) is 5.97. The van der Waals surface area contributed by atoms with Gasteiger partial charge in [-0.15, -0.1) is 11.3 Å². The minimum Gasteiger partial charge on any atom is -0.445 e. The van der Waals surface area contributed by atoms with Crippen molar-refractivity contribution in [2.45, 2.75) is 65.0 Å². The molecule has 2 amide bonds. The van der Waals surface area contributed by atoms with Crippen molar-refractivity contribution in [2.24, 2.45) is 11.8 Å². The van der Waals surface area contributed by atoms with E-state index in [1.54, 1.807) is 16.8 Å². The predicted molar refractivity (Wildman–Crippen MR) is 133 cm³/mol. The second-order valence-electron chi connectivity index (χ2n) is 9.24. The first-order chi connectivity index (χ1) is 16.8. The third kappa shape index (κ3) is 8.28. The summed E-state index contributed by atoms with van der Waals surface area (Å²) in [5, 5.41) is 5.35. The molecule has 2 atom stereocenters. The molecule has 1 aromatic carbocycles. The number of carbonyl (C=O) groups excluding carboxylic acids is 4. The van der Waals surface area contributed by atoms with E-state index in [0.29, 0.717) is 38.6 Å². The first kappa shape index (κ1) is 26.5. The number of aryl methyl sites for hydroxylation is 1. The SMILES string of the molecule is CC(C)CC(NC(=O)OCc1ccccc1)C(=O)CC1CCCc2ncsc2CCNC(=O)C1=O. The Balaban J connectivity index is 1.64. The highest BCUT2D eigenvalue weighted by molar-refractivity contribution is 7.09. The molecular formula is C26H33N3O5S. The maximum absolute atomic E-state index is 13.2. The van der Waals surface area contributed by atoms with Gasteiger partial charge in [0.25, 0.3) is 5.91 Å². The zero-order valence-corrected chi connectivity index (χ0v) is 21.1. The van der Waals surface area contributed by atoms with Crippen LogP contribution in [0.5, 0.6) is 0 Å². The van der Waals surface area contributed by atoms with Crippen molar-refractivity contribution in [1.29, 1.82) is 0 Å². The van der Waals surface area contributed by atoms with Gasteiger partial charge in [-0.3, -0.25) is 14.4 Å².